The maximum absolute atomic E-state index is 12.3. The van der Waals surface area contributed by atoms with Crippen LogP contribution >= 0.6 is 12.4 Å². The summed E-state index contributed by atoms with van der Waals surface area (Å²) in [7, 11) is 0. The molecule has 0 aliphatic carbocycles. The second-order valence-electron chi connectivity index (χ2n) is 2.73. The average molecular weight is 241 g/mol. The molecule has 0 radical (unpaired) electrons. The zero-order chi connectivity index (χ0) is 10.8. The van der Waals surface area contributed by atoms with Crippen molar-refractivity contribution >= 4 is 18.4 Å². The van der Waals surface area contributed by atoms with Crippen LogP contribution in [0.25, 0.3) is 0 Å². The largest absolute Gasteiger partial charge is 0.481 e. The van der Waals surface area contributed by atoms with Gasteiger partial charge in [-0.2, -0.15) is 13.2 Å². The molecule has 0 aliphatic rings. The van der Waals surface area contributed by atoms with Gasteiger partial charge < -0.3 is 5.11 Å². The van der Waals surface area contributed by atoms with Gasteiger partial charge in [0.05, 0.1) is 12.0 Å². The van der Waals surface area contributed by atoms with Crippen LogP contribution in [0.3, 0.4) is 0 Å². The minimum Gasteiger partial charge on any atom is -0.481 e. The van der Waals surface area contributed by atoms with Crippen molar-refractivity contribution in [3.8, 4) is 0 Å². The molecule has 0 amide bonds. The summed E-state index contributed by atoms with van der Waals surface area (Å²) in [6, 6.07) is 4.65. The first-order valence-corrected chi connectivity index (χ1v) is 3.78. The van der Waals surface area contributed by atoms with E-state index in [-0.39, 0.29) is 18.0 Å². The lowest BCUT2D eigenvalue weighted by Gasteiger charge is -2.10. The molecular formula is C9H8ClF3O2. The lowest BCUT2D eigenvalue weighted by molar-refractivity contribution is -0.139. The molecule has 6 heteroatoms. The molecule has 0 saturated heterocycles. The Morgan fingerprint density at radius 3 is 2.27 bits per heavy atom. The number of halogens is 4. The summed E-state index contributed by atoms with van der Waals surface area (Å²) >= 11 is 0. The van der Waals surface area contributed by atoms with Crippen LogP contribution in [-0.2, 0) is 17.4 Å². The minimum atomic E-state index is -4.49. The smallest absolute Gasteiger partial charge is 0.416 e. The summed E-state index contributed by atoms with van der Waals surface area (Å²) in [4.78, 5) is 10.3. The number of alkyl halides is 3. The van der Waals surface area contributed by atoms with Gasteiger partial charge in [-0.05, 0) is 11.6 Å². The van der Waals surface area contributed by atoms with Gasteiger partial charge in [0.15, 0.2) is 0 Å². The van der Waals surface area contributed by atoms with Crippen LogP contribution in [0.4, 0.5) is 13.2 Å². The summed E-state index contributed by atoms with van der Waals surface area (Å²) in [6.07, 6.45) is -5.11. The molecule has 0 bridgehead atoms. The molecule has 1 N–H and O–H groups in total. The predicted molar refractivity (Wildman–Crippen MR) is 50.0 cm³/mol. The molecule has 0 unspecified atom stereocenters. The van der Waals surface area contributed by atoms with E-state index in [9.17, 15) is 18.0 Å². The Morgan fingerprint density at radius 1 is 1.27 bits per heavy atom. The predicted octanol–water partition coefficient (Wildman–Crippen LogP) is 2.75. The summed E-state index contributed by atoms with van der Waals surface area (Å²) in [5.41, 5.74) is -1.10. The number of carbonyl (C=O) groups is 1. The first-order valence-electron chi connectivity index (χ1n) is 3.78. The van der Waals surface area contributed by atoms with Crippen molar-refractivity contribution in [3.63, 3.8) is 0 Å². The standard InChI is InChI=1S/C9H7F3O2.ClH/c10-9(11,12)7-4-2-1-3-6(7)5-8(13)14;/h1-4H,5H2,(H,13,14);1H. The molecule has 0 heterocycles. The van der Waals surface area contributed by atoms with Crippen molar-refractivity contribution < 1.29 is 23.1 Å². The van der Waals surface area contributed by atoms with Gasteiger partial charge in [-0.3, -0.25) is 4.79 Å². The number of hydrogen-bond acceptors (Lipinski definition) is 1. The zero-order valence-corrected chi connectivity index (χ0v) is 8.23. The van der Waals surface area contributed by atoms with Crippen LogP contribution < -0.4 is 0 Å². The van der Waals surface area contributed by atoms with Crippen LogP contribution in [0.1, 0.15) is 11.1 Å². The quantitative estimate of drug-likeness (QED) is 0.863. The highest BCUT2D eigenvalue weighted by atomic mass is 35.5. The Morgan fingerprint density at radius 2 is 1.80 bits per heavy atom. The molecule has 0 spiro atoms. The number of aliphatic carboxylic acids is 1. The maximum Gasteiger partial charge on any atom is 0.416 e. The van der Waals surface area contributed by atoms with Gasteiger partial charge in [0.2, 0.25) is 0 Å². The third-order valence-electron chi connectivity index (χ3n) is 1.66. The van der Waals surface area contributed by atoms with Gasteiger partial charge in [-0.25, -0.2) is 0 Å². The Bertz CT molecular complexity index is 349. The molecule has 0 aromatic heterocycles. The van der Waals surface area contributed by atoms with E-state index in [1.54, 1.807) is 0 Å². The van der Waals surface area contributed by atoms with Crippen molar-refractivity contribution in [2.24, 2.45) is 0 Å². The van der Waals surface area contributed by atoms with Crippen molar-refractivity contribution in [2.45, 2.75) is 12.6 Å². The molecule has 1 aromatic carbocycles. The van der Waals surface area contributed by atoms with Gasteiger partial charge in [0.25, 0.3) is 0 Å². The zero-order valence-electron chi connectivity index (χ0n) is 7.41. The molecular weight excluding hydrogens is 233 g/mol. The molecule has 0 fully saturated rings. The van der Waals surface area contributed by atoms with Crippen LogP contribution in [0.15, 0.2) is 24.3 Å². The Kier molecular flexibility index (Phi) is 4.61. The molecule has 0 saturated carbocycles. The molecule has 2 nitrogen and oxygen atoms in total. The molecule has 0 atom stereocenters. The number of benzene rings is 1. The summed E-state index contributed by atoms with van der Waals surface area (Å²) in [6.45, 7) is 0. The highest BCUT2D eigenvalue weighted by Gasteiger charge is 2.33. The van der Waals surface area contributed by atoms with E-state index in [4.69, 9.17) is 5.11 Å². The second kappa shape index (κ2) is 5.02. The van der Waals surface area contributed by atoms with E-state index in [1.165, 1.54) is 12.1 Å². The fourth-order valence-electron chi connectivity index (χ4n) is 1.11. The number of rotatable bonds is 2. The fraction of sp³-hybridized carbons (Fsp3) is 0.222. The number of carboxylic acid groups (broad SMARTS) is 1. The summed E-state index contributed by atoms with van der Waals surface area (Å²) in [5, 5.41) is 8.39. The van der Waals surface area contributed by atoms with Crippen molar-refractivity contribution in [2.75, 3.05) is 0 Å². The molecule has 15 heavy (non-hydrogen) atoms. The van der Waals surface area contributed by atoms with E-state index >= 15 is 0 Å². The Hall–Kier alpha value is -1.23. The SMILES string of the molecule is Cl.O=C(O)Cc1ccccc1C(F)(F)F. The highest BCUT2D eigenvalue weighted by Crippen LogP contribution is 2.31. The van der Waals surface area contributed by atoms with E-state index < -0.39 is 24.1 Å². The first-order chi connectivity index (χ1) is 6.41. The molecule has 84 valence electrons. The number of hydrogen-bond donors (Lipinski definition) is 1. The lowest BCUT2D eigenvalue weighted by Crippen LogP contribution is -2.11. The molecule has 0 aliphatic heterocycles. The second-order valence-corrected chi connectivity index (χ2v) is 2.73. The maximum atomic E-state index is 12.3. The normalized spacial score (nSPS) is 10.6. The number of carboxylic acids is 1. The average Bonchev–Trinajstić information content (AvgIpc) is 2.01. The first kappa shape index (κ1) is 13.8. The van der Waals surface area contributed by atoms with Crippen LogP contribution in [0.2, 0.25) is 0 Å². The minimum absolute atomic E-state index is 0. The van der Waals surface area contributed by atoms with Gasteiger partial charge in [-0.1, -0.05) is 18.2 Å². The Balaban J connectivity index is 0.00000196. The molecule has 1 aromatic rings. The van der Waals surface area contributed by atoms with E-state index in [2.05, 4.69) is 0 Å². The van der Waals surface area contributed by atoms with Gasteiger partial charge >= 0.3 is 12.1 Å². The highest BCUT2D eigenvalue weighted by molar-refractivity contribution is 5.85. The monoisotopic (exact) mass is 240 g/mol. The Labute approximate surface area is 90.1 Å². The molecule has 1 rings (SSSR count). The van der Waals surface area contributed by atoms with Gasteiger partial charge in [0, 0.05) is 0 Å². The van der Waals surface area contributed by atoms with Crippen LogP contribution in [-0.4, -0.2) is 11.1 Å². The van der Waals surface area contributed by atoms with Crippen LogP contribution in [0.5, 0.6) is 0 Å². The third-order valence-corrected chi connectivity index (χ3v) is 1.66. The summed E-state index contributed by atoms with van der Waals surface area (Å²) < 4.78 is 36.9. The van der Waals surface area contributed by atoms with Crippen molar-refractivity contribution in [1.82, 2.24) is 0 Å². The van der Waals surface area contributed by atoms with E-state index in [1.807, 2.05) is 0 Å². The van der Waals surface area contributed by atoms with E-state index in [0.29, 0.717) is 0 Å². The van der Waals surface area contributed by atoms with E-state index in [0.717, 1.165) is 12.1 Å². The van der Waals surface area contributed by atoms with Gasteiger partial charge in [-0.15, -0.1) is 12.4 Å². The third kappa shape index (κ3) is 3.79. The van der Waals surface area contributed by atoms with Crippen LogP contribution in [0, 0.1) is 0 Å². The lowest BCUT2D eigenvalue weighted by atomic mass is 10.0. The van der Waals surface area contributed by atoms with Crippen molar-refractivity contribution in [3.05, 3.63) is 35.4 Å². The fourth-order valence-corrected chi connectivity index (χ4v) is 1.11. The van der Waals surface area contributed by atoms with Crippen molar-refractivity contribution in [1.29, 1.82) is 0 Å². The van der Waals surface area contributed by atoms with Gasteiger partial charge in [0.1, 0.15) is 0 Å². The summed E-state index contributed by atoms with van der Waals surface area (Å²) in [5.74, 6) is -1.28. The topological polar surface area (TPSA) is 37.3 Å².